The van der Waals surface area contributed by atoms with Gasteiger partial charge in [-0.15, -0.1) is 0 Å². The summed E-state index contributed by atoms with van der Waals surface area (Å²) in [6, 6.07) is 10.8. The van der Waals surface area contributed by atoms with Gasteiger partial charge >= 0.3 is 5.97 Å². The van der Waals surface area contributed by atoms with E-state index in [1.165, 1.54) is 23.0 Å². The van der Waals surface area contributed by atoms with Crippen LogP contribution in [0.25, 0.3) is 11.3 Å². The second-order valence-corrected chi connectivity index (χ2v) is 6.95. The van der Waals surface area contributed by atoms with Crippen LogP contribution >= 0.6 is 0 Å². The summed E-state index contributed by atoms with van der Waals surface area (Å²) in [5.74, 6) is -0.825. The molecule has 164 valence electrons. The van der Waals surface area contributed by atoms with Crippen LogP contribution in [-0.4, -0.2) is 43.0 Å². The molecular formula is C23H23N5O4. The highest BCUT2D eigenvalue weighted by Gasteiger charge is 2.07. The Morgan fingerprint density at radius 3 is 2.81 bits per heavy atom. The lowest BCUT2D eigenvalue weighted by Gasteiger charge is -2.08. The number of nitrogens with zero attached hydrogens (tertiary/aromatic N) is 5. The van der Waals surface area contributed by atoms with E-state index in [9.17, 15) is 9.59 Å². The summed E-state index contributed by atoms with van der Waals surface area (Å²) in [7, 11) is 1.82. The van der Waals surface area contributed by atoms with Crippen molar-refractivity contribution in [1.29, 1.82) is 0 Å². The molecular weight excluding hydrogens is 410 g/mol. The van der Waals surface area contributed by atoms with Gasteiger partial charge in [-0.3, -0.25) is 14.5 Å². The molecule has 0 spiro atoms. The summed E-state index contributed by atoms with van der Waals surface area (Å²) < 4.78 is 8.17. The highest BCUT2D eigenvalue weighted by molar-refractivity contribution is 5.99. The van der Waals surface area contributed by atoms with Gasteiger partial charge in [0.05, 0.1) is 24.6 Å². The fraction of sp³-hybridized carbons (Fsp3) is 0.174. The van der Waals surface area contributed by atoms with Crippen molar-refractivity contribution in [3.05, 3.63) is 94.9 Å². The van der Waals surface area contributed by atoms with Gasteiger partial charge in [0.15, 0.2) is 6.61 Å². The Hall–Kier alpha value is -4.27. The second-order valence-electron chi connectivity index (χ2n) is 6.95. The van der Waals surface area contributed by atoms with E-state index in [0.717, 1.165) is 16.7 Å². The van der Waals surface area contributed by atoms with E-state index in [4.69, 9.17) is 9.84 Å². The molecule has 0 amide bonds. The van der Waals surface area contributed by atoms with E-state index in [1.54, 1.807) is 16.9 Å². The van der Waals surface area contributed by atoms with Crippen LogP contribution in [0.5, 0.6) is 0 Å². The number of carbonyl (C=O) groups is 1. The lowest BCUT2D eigenvalue weighted by atomic mass is 10.1. The first-order valence-electron chi connectivity index (χ1n) is 9.74. The van der Waals surface area contributed by atoms with E-state index in [0.29, 0.717) is 18.0 Å². The minimum Gasteiger partial charge on any atom is -0.480 e. The molecule has 9 heteroatoms. The third kappa shape index (κ3) is 5.88. The molecule has 9 nitrogen and oxygen atoms in total. The van der Waals surface area contributed by atoms with Crippen LogP contribution < -0.4 is 5.56 Å². The first-order chi connectivity index (χ1) is 15.4. The first-order valence-corrected chi connectivity index (χ1v) is 9.74. The molecule has 0 radical (unpaired) electrons. The molecule has 0 fully saturated rings. The lowest BCUT2D eigenvalue weighted by Crippen LogP contribution is -2.22. The molecule has 0 aliphatic carbocycles. The Morgan fingerprint density at radius 2 is 2.12 bits per heavy atom. The number of allylic oxidation sites excluding steroid dienone is 1. The zero-order valence-electron chi connectivity index (χ0n) is 17.8. The number of aryl methyl sites for hydroxylation is 1. The Labute approximate surface area is 184 Å². The van der Waals surface area contributed by atoms with Crippen LogP contribution in [0.2, 0.25) is 0 Å². The average Bonchev–Trinajstić information content (AvgIpc) is 3.21. The normalized spacial score (nSPS) is 11.9. The molecule has 0 bridgehead atoms. The van der Waals surface area contributed by atoms with Gasteiger partial charge in [0.2, 0.25) is 0 Å². The van der Waals surface area contributed by atoms with E-state index in [-0.39, 0.29) is 11.3 Å². The monoisotopic (exact) mass is 433 g/mol. The van der Waals surface area contributed by atoms with Gasteiger partial charge in [-0.25, -0.2) is 9.48 Å². The van der Waals surface area contributed by atoms with Crippen LogP contribution in [0.15, 0.2) is 83.2 Å². The molecule has 0 saturated carbocycles. The van der Waals surface area contributed by atoms with E-state index in [2.05, 4.69) is 21.8 Å². The quantitative estimate of drug-likeness (QED) is 0.315. The topological polar surface area (TPSA) is 112 Å². The minimum atomic E-state index is -1.08. The van der Waals surface area contributed by atoms with Crippen molar-refractivity contribution in [2.45, 2.75) is 13.5 Å². The number of aliphatic imine (C=N–C) groups is 1. The number of aromatic nitrogens is 4. The number of hydrogen-bond donors (Lipinski definition) is 1. The summed E-state index contributed by atoms with van der Waals surface area (Å²) in [6.45, 7) is 5.23. The minimum absolute atomic E-state index is 0.206. The van der Waals surface area contributed by atoms with Gasteiger partial charge < -0.3 is 9.84 Å². The van der Waals surface area contributed by atoms with Crippen molar-refractivity contribution in [3.63, 3.8) is 0 Å². The van der Waals surface area contributed by atoms with Crippen molar-refractivity contribution in [1.82, 2.24) is 19.6 Å². The Kier molecular flexibility index (Phi) is 7.12. The number of hydrogen-bond acceptors (Lipinski definition) is 6. The molecule has 3 rings (SSSR count). The maximum Gasteiger partial charge on any atom is 0.341 e. The van der Waals surface area contributed by atoms with Crippen LogP contribution in [0.1, 0.15) is 18.1 Å². The van der Waals surface area contributed by atoms with Gasteiger partial charge in [-0.1, -0.05) is 24.8 Å². The van der Waals surface area contributed by atoms with Crippen molar-refractivity contribution in [2.75, 3.05) is 6.61 Å². The summed E-state index contributed by atoms with van der Waals surface area (Å²) in [6.07, 6.45) is 6.34. The zero-order valence-corrected chi connectivity index (χ0v) is 17.8. The highest BCUT2D eigenvalue weighted by Crippen LogP contribution is 2.14. The molecule has 0 atom stereocenters. The predicted molar refractivity (Wildman–Crippen MR) is 120 cm³/mol. The summed E-state index contributed by atoms with van der Waals surface area (Å²) in [5.41, 5.74) is 3.70. The van der Waals surface area contributed by atoms with Gasteiger partial charge in [0.25, 0.3) is 5.56 Å². The third-order valence-corrected chi connectivity index (χ3v) is 4.49. The van der Waals surface area contributed by atoms with Crippen molar-refractivity contribution >= 4 is 11.7 Å². The molecule has 2 aromatic heterocycles. The summed E-state index contributed by atoms with van der Waals surface area (Å²) >= 11 is 0. The van der Waals surface area contributed by atoms with Crippen molar-refractivity contribution < 1.29 is 14.6 Å². The van der Waals surface area contributed by atoms with E-state index in [1.807, 2.05) is 44.4 Å². The van der Waals surface area contributed by atoms with Crippen molar-refractivity contribution in [3.8, 4) is 11.3 Å². The molecule has 1 N–H and O–H groups in total. The maximum absolute atomic E-state index is 12.3. The Balaban J connectivity index is 1.81. The van der Waals surface area contributed by atoms with E-state index >= 15 is 0 Å². The number of benzene rings is 1. The second kappa shape index (κ2) is 10.2. The van der Waals surface area contributed by atoms with E-state index < -0.39 is 12.6 Å². The Morgan fingerprint density at radius 1 is 1.31 bits per heavy atom. The highest BCUT2D eigenvalue weighted by atomic mass is 16.5. The standard InChI is InChI=1S/C23H23N5O4/c1-4-20(32-15-23(30)31)12-24-16(2)18-7-5-6-17(10-18)13-28-22(29)9-8-21(26-28)19-11-25-27(3)14-19/h4-12,14H,1,13,15H2,2-3H3,(H,30,31)/b20-12+,24-16?. The molecule has 2 heterocycles. The summed E-state index contributed by atoms with van der Waals surface area (Å²) in [5, 5.41) is 17.3. The molecule has 0 aliphatic heterocycles. The van der Waals surface area contributed by atoms with Gasteiger partial charge in [-0.2, -0.15) is 10.2 Å². The first kappa shape index (κ1) is 22.4. The molecule has 3 aromatic rings. The fourth-order valence-electron chi connectivity index (χ4n) is 2.87. The molecule has 0 aliphatic rings. The average molecular weight is 433 g/mol. The van der Waals surface area contributed by atoms with Gasteiger partial charge in [0.1, 0.15) is 5.76 Å². The number of aliphatic carboxylic acids is 1. The van der Waals surface area contributed by atoms with Crippen LogP contribution in [0.4, 0.5) is 0 Å². The molecule has 1 aromatic carbocycles. The Bertz CT molecular complexity index is 1250. The zero-order chi connectivity index (χ0) is 23.1. The number of carboxylic acids is 1. The number of ether oxygens (including phenoxy) is 1. The summed E-state index contributed by atoms with van der Waals surface area (Å²) in [4.78, 5) is 27.3. The molecule has 0 unspecified atom stereocenters. The smallest absolute Gasteiger partial charge is 0.341 e. The van der Waals surface area contributed by atoms with Crippen LogP contribution in [0, 0.1) is 0 Å². The number of rotatable bonds is 9. The molecule has 0 saturated heterocycles. The fourth-order valence-corrected chi connectivity index (χ4v) is 2.87. The molecule has 32 heavy (non-hydrogen) atoms. The largest absolute Gasteiger partial charge is 0.480 e. The third-order valence-electron chi connectivity index (χ3n) is 4.49. The lowest BCUT2D eigenvalue weighted by molar-refractivity contribution is -0.140. The van der Waals surface area contributed by atoms with Gasteiger partial charge in [-0.05, 0) is 36.3 Å². The van der Waals surface area contributed by atoms with Crippen LogP contribution in [-0.2, 0) is 23.1 Å². The number of carboxylic acid groups (broad SMARTS) is 1. The predicted octanol–water partition coefficient (Wildman–Crippen LogP) is 2.63. The SMILES string of the molecule is C=C/C(=C\N=C(C)c1cccc(Cn2nc(-c3cnn(C)c3)ccc2=O)c1)OCC(=O)O. The maximum atomic E-state index is 12.3. The van der Waals surface area contributed by atoms with Gasteiger partial charge in [0, 0.05) is 30.6 Å². The van der Waals surface area contributed by atoms with Crippen molar-refractivity contribution in [2.24, 2.45) is 12.0 Å². The van der Waals surface area contributed by atoms with Crippen LogP contribution in [0.3, 0.4) is 0 Å².